The van der Waals surface area contributed by atoms with Crippen molar-refractivity contribution < 1.29 is 14.3 Å². The Bertz CT molecular complexity index is 1320. The zero-order valence-corrected chi connectivity index (χ0v) is 22.5. The number of benzene rings is 1. The highest BCUT2D eigenvalue weighted by atomic mass is 32.1. The first kappa shape index (κ1) is 26.5. The third-order valence-electron chi connectivity index (χ3n) is 6.05. The molecular weight excluding hydrogens is 486 g/mol. The van der Waals surface area contributed by atoms with E-state index in [1.807, 2.05) is 44.3 Å². The molecule has 1 aromatic carbocycles. The van der Waals surface area contributed by atoms with Crippen LogP contribution in [-0.4, -0.2) is 61.2 Å². The summed E-state index contributed by atoms with van der Waals surface area (Å²) < 4.78 is 10.5. The highest BCUT2D eigenvalue weighted by molar-refractivity contribution is 7.19. The van der Waals surface area contributed by atoms with Crippen molar-refractivity contribution in [3.63, 3.8) is 0 Å². The number of ether oxygens (including phenoxy) is 2. The van der Waals surface area contributed by atoms with Crippen LogP contribution in [0.15, 0.2) is 60.5 Å². The summed E-state index contributed by atoms with van der Waals surface area (Å²) in [6.07, 6.45) is 9.59. The standard InChI is InChI=1S/C28H33N5O3S/c1-19(27-32-25-21(9-10-30-28(25)37-27)18-33-13-11-29-12-14-33)7-5-6-8-20(2)31-26(34)22-15-23(35-3)17-24(16-22)36-4/h5-10,15-17,29H,11-14,18H2,1-4H3,(H,31,34)/b6-5-,19-7+,20-8+. The molecule has 194 valence electrons. The highest BCUT2D eigenvalue weighted by Crippen LogP contribution is 2.28. The van der Waals surface area contributed by atoms with Gasteiger partial charge in [-0.2, -0.15) is 0 Å². The topological polar surface area (TPSA) is 88.6 Å². The number of carbonyl (C=O) groups is 1. The molecule has 8 nitrogen and oxygen atoms in total. The minimum absolute atomic E-state index is 0.232. The first-order valence-electron chi connectivity index (χ1n) is 12.2. The van der Waals surface area contributed by atoms with Crippen molar-refractivity contribution in [3.05, 3.63) is 76.6 Å². The molecule has 2 aromatic heterocycles. The van der Waals surface area contributed by atoms with Crippen molar-refractivity contribution in [1.29, 1.82) is 0 Å². The van der Waals surface area contributed by atoms with Gasteiger partial charge in [0.1, 0.15) is 26.9 Å². The maximum atomic E-state index is 12.6. The number of carbonyl (C=O) groups excluding carboxylic acids is 1. The molecule has 2 N–H and O–H groups in total. The molecule has 1 amide bonds. The van der Waals surface area contributed by atoms with E-state index in [1.165, 1.54) is 5.56 Å². The normalized spacial score (nSPS) is 15.4. The second kappa shape index (κ2) is 12.6. The lowest BCUT2D eigenvalue weighted by molar-refractivity contribution is 0.0965. The van der Waals surface area contributed by atoms with E-state index in [4.69, 9.17) is 14.5 Å². The maximum Gasteiger partial charge on any atom is 0.255 e. The zero-order valence-electron chi connectivity index (χ0n) is 21.7. The minimum Gasteiger partial charge on any atom is -0.497 e. The number of methoxy groups -OCH3 is 2. The van der Waals surface area contributed by atoms with Crippen molar-refractivity contribution in [2.45, 2.75) is 20.4 Å². The summed E-state index contributed by atoms with van der Waals surface area (Å²) in [7, 11) is 3.11. The summed E-state index contributed by atoms with van der Waals surface area (Å²) in [5.41, 5.74) is 4.46. The molecule has 1 aliphatic rings. The minimum atomic E-state index is -0.232. The number of aromatic nitrogens is 2. The molecule has 1 aliphatic heterocycles. The van der Waals surface area contributed by atoms with E-state index in [0.29, 0.717) is 17.1 Å². The predicted octanol–water partition coefficient (Wildman–Crippen LogP) is 4.41. The first-order valence-corrected chi connectivity index (χ1v) is 13.0. The van der Waals surface area contributed by atoms with Gasteiger partial charge in [0.15, 0.2) is 0 Å². The zero-order chi connectivity index (χ0) is 26.2. The molecule has 0 bridgehead atoms. The van der Waals surface area contributed by atoms with Gasteiger partial charge in [-0.3, -0.25) is 9.69 Å². The first-order chi connectivity index (χ1) is 18.0. The largest absolute Gasteiger partial charge is 0.497 e. The molecule has 4 rings (SSSR count). The molecule has 3 aromatic rings. The average Bonchev–Trinajstić information content (AvgIpc) is 3.37. The number of nitrogens with zero attached hydrogens (tertiary/aromatic N) is 3. The Morgan fingerprint density at radius 3 is 2.51 bits per heavy atom. The Balaban J connectivity index is 1.40. The van der Waals surface area contributed by atoms with Crippen molar-refractivity contribution >= 4 is 33.2 Å². The number of pyridine rings is 1. The monoisotopic (exact) mass is 519 g/mol. The van der Waals surface area contributed by atoms with Crippen LogP contribution in [0.1, 0.15) is 34.8 Å². The lowest BCUT2D eigenvalue weighted by atomic mass is 10.2. The molecule has 0 unspecified atom stereocenters. The molecule has 9 heteroatoms. The predicted molar refractivity (Wildman–Crippen MR) is 149 cm³/mol. The van der Waals surface area contributed by atoms with Crippen LogP contribution in [-0.2, 0) is 6.54 Å². The molecule has 1 fully saturated rings. The van der Waals surface area contributed by atoms with Crippen LogP contribution in [0.5, 0.6) is 11.5 Å². The van der Waals surface area contributed by atoms with Gasteiger partial charge in [-0.05, 0) is 49.3 Å². The SMILES string of the molecule is COc1cc(OC)cc(C(=O)N/C(C)=C/C=C\C=C(/C)c2nc3c(CN4CCNCC4)ccnc3s2)c1. The number of rotatable bonds is 9. The molecule has 0 radical (unpaired) electrons. The Hall–Kier alpha value is -3.53. The van der Waals surface area contributed by atoms with Gasteiger partial charge in [0.05, 0.1) is 14.2 Å². The van der Waals surface area contributed by atoms with Crippen LogP contribution in [0.25, 0.3) is 15.9 Å². The summed E-state index contributed by atoms with van der Waals surface area (Å²) in [5.74, 6) is 0.893. The molecule has 1 saturated heterocycles. The van der Waals surface area contributed by atoms with E-state index < -0.39 is 0 Å². The number of allylic oxidation sites excluding steroid dienone is 6. The van der Waals surface area contributed by atoms with E-state index in [2.05, 4.69) is 26.6 Å². The number of hydrogen-bond donors (Lipinski definition) is 2. The van der Waals surface area contributed by atoms with E-state index in [0.717, 1.165) is 59.3 Å². The van der Waals surface area contributed by atoms with Gasteiger partial charge in [0.25, 0.3) is 5.91 Å². The van der Waals surface area contributed by atoms with E-state index in [9.17, 15) is 4.79 Å². The summed E-state index contributed by atoms with van der Waals surface area (Å²) in [5, 5.41) is 7.25. The molecule has 3 heterocycles. The Labute approximate surface area is 221 Å². The molecule has 0 atom stereocenters. The number of amides is 1. The van der Waals surface area contributed by atoms with Crippen LogP contribution >= 0.6 is 11.3 Å². The van der Waals surface area contributed by atoms with Gasteiger partial charge in [-0.1, -0.05) is 29.6 Å². The summed E-state index contributed by atoms with van der Waals surface area (Å²) in [6, 6.07) is 7.16. The summed E-state index contributed by atoms with van der Waals surface area (Å²) in [4.78, 5) is 25.5. The molecule has 0 spiro atoms. The third kappa shape index (κ3) is 7.03. The number of nitrogens with one attached hydrogen (secondary N) is 2. The van der Waals surface area contributed by atoms with Crippen molar-refractivity contribution in [2.24, 2.45) is 0 Å². The van der Waals surface area contributed by atoms with Gasteiger partial charge in [0, 0.05) is 56.2 Å². The van der Waals surface area contributed by atoms with E-state index in [-0.39, 0.29) is 5.91 Å². The van der Waals surface area contributed by atoms with Crippen LogP contribution < -0.4 is 20.1 Å². The molecule has 37 heavy (non-hydrogen) atoms. The van der Waals surface area contributed by atoms with Crippen LogP contribution in [0.2, 0.25) is 0 Å². The fraction of sp³-hybridized carbons (Fsp3) is 0.321. The highest BCUT2D eigenvalue weighted by Gasteiger charge is 2.15. The van der Waals surface area contributed by atoms with Gasteiger partial charge in [0.2, 0.25) is 0 Å². The Morgan fingerprint density at radius 2 is 1.81 bits per heavy atom. The average molecular weight is 520 g/mol. The van der Waals surface area contributed by atoms with Gasteiger partial charge in [-0.15, -0.1) is 0 Å². The maximum absolute atomic E-state index is 12.6. The second-order valence-electron chi connectivity index (χ2n) is 8.81. The van der Waals surface area contributed by atoms with Crippen molar-refractivity contribution in [1.82, 2.24) is 25.5 Å². The van der Waals surface area contributed by atoms with Gasteiger partial charge in [-0.25, -0.2) is 9.97 Å². The molecule has 0 saturated carbocycles. The van der Waals surface area contributed by atoms with Crippen molar-refractivity contribution in [2.75, 3.05) is 40.4 Å². The number of fused-ring (bicyclic) bond motifs is 1. The summed E-state index contributed by atoms with van der Waals surface area (Å²) in [6.45, 7) is 8.93. The quantitative estimate of drug-likeness (QED) is 0.405. The smallest absolute Gasteiger partial charge is 0.255 e. The fourth-order valence-electron chi connectivity index (χ4n) is 3.99. The molecule has 0 aliphatic carbocycles. The fourth-order valence-corrected chi connectivity index (χ4v) is 4.93. The van der Waals surface area contributed by atoms with Crippen LogP contribution in [0, 0.1) is 0 Å². The molecular formula is C28H33N5O3S. The lowest BCUT2D eigenvalue weighted by Gasteiger charge is -2.27. The number of piperazine rings is 1. The van der Waals surface area contributed by atoms with Crippen LogP contribution in [0.3, 0.4) is 0 Å². The Kier molecular flexibility index (Phi) is 9.05. The third-order valence-corrected chi connectivity index (χ3v) is 7.15. The van der Waals surface area contributed by atoms with E-state index >= 15 is 0 Å². The van der Waals surface area contributed by atoms with Crippen LogP contribution in [0.4, 0.5) is 0 Å². The summed E-state index contributed by atoms with van der Waals surface area (Å²) >= 11 is 1.61. The van der Waals surface area contributed by atoms with Gasteiger partial charge >= 0.3 is 0 Å². The number of thiazole rings is 1. The Morgan fingerprint density at radius 1 is 1.11 bits per heavy atom. The van der Waals surface area contributed by atoms with Crippen molar-refractivity contribution in [3.8, 4) is 11.5 Å². The lowest BCUT2D eigenvalue weighted by Crippen LogP contribution is -2.42. The number of hydrogen-bond acceptors (Lipinski definition) is 8. The van der Waals surface area contributed by atoms with Gasteiger partial charge < -0.3 is 20.1 Å². The van der Waals surface area contributed by atoms with E-state index in [1.54, 1.807) is 43.8 Å². The second-order valence-corrected chi connectivity index (χ2v) is 9.79.